The van der Waals surface area contributed by atoms with Crippen molar-refractivity contribution in [1.29, 1.82) is 0 Å². The van der Waals surface area contributed by atoms with Crippen molar-refractivity contribution in [2.75, 3.05) is 16.8 Å². The number of nitrogen functional groups attached to an aromatic ring is 2. The molecule has 30 heavy (non-hydrogen) atoms. The van der Waals surface area contributed by atoms with Gasteiger partial charge in [-0.25, -0.2) is 13.9 Å². The second-order valence-corrected chi connectivity index (χ2v) is 6.83. The molecule has 0 spiro atoms. The van der Waals surface area contributed by atoms with E-state index in [0.29, 0.717) is 23.6 Å². The molecule has 3 aromatic heterocycles. The number of nitrogens with two attached hydrogens (primary N) is 2. The van der Waals surface area contributed by atoms with Gasteiger partial charge in [-0.05, 0) is 24.6 Å². The molecule has 0 saturated heterocycles. The van der Waals surface area contributed by atoms with E-state index >= 15 is 0 Å². The van der Waals surface area contributed by atoms with Crippen molar-refractivity contribution >= 4 is 40.1 Å². The molecule has 6 N–H and O–H groups in total. The Hall–Kier alpha value is -3.73. The molecule has 3 heterocycles. The van der Waals surface area contributed by atoms with Gasteiger partial charge in [-0.15, -0.1) is 0 Å². The first-order chi connectivity index (χ1) is 14.4. The molecule has 0 amide bonds. The number of benzene rings is 1. The molecular formula is C18H17ClFN9O. The third-order valence-corrected chi connectivity index (χ3v) is 4.88. The van der Waals surface area contributed by atoms with Gasteiger partial charge >= 0.3 is 0 Å². The molecule has 4 rings (SSSR count). The summed E-state index contributed by atoms with van der Waals surface area (Å²) in [5.41, 5.74) is 11.4. The largest absolute Gasteiger partial charge is 0.382 e. The quantitative estimate of drug-likeness (QED) is 0.377. The maximum atomic E-state index is 13.8. The zero-order valence-electron chi connectivity index (χ0n) is 15.7. The minimum absolute atomic E-state index is 0.0226. The number of hydrogen-bond acceptors (Lipinski definition) is 8. The van der Waals surface area contributed by atoms with Gasteiger partial charge in [0.05, 0.1) is 23.1 Å². The number of nitrogens with zero attached hydrogens (tertiary/aromatic N) is 5. The van der Waals surface area contributed by atoms with Crippen molar-refractivity contribution in [2.45, 2.75) is 19.4 Å². The van der Waals surface area contributed by atoms with Crippen LogP contribution in [0, 0.1) is 5.82 Å². The Kier molecular flexibility index (Phi) is 4.96. The highest BCUT2D eigenvalue weighted by molar-refractivity contribution is 6.35. The standard InChI is InChI=1S/C18H17ClFN9O/c1-2-10(24-15-13(19)14(21)26-18(22)27-15)16-25-11-4-3-8(20)7-9(11)17(30)29(16)12-5-6-23-28-12/h3-7,10H,2H2,1H3,(H,23,28)(H5,21,22,24,26,27)/t10-/m0/s1. The first-order valence-electron chi connectivity index (χ1n) is 8.96. The Balaban J connectivity index is 1.93. The van der Waals surface area contributed by atoms with Crippen LogP contribution in [0.2, 0.25) is 5.02 Å². The number of H-pyrrole nitrogens is 1. The second kappa shape index (κ2) is 7.59. The van der Waals surface area contributed by atoms with E-state index in [9.17, 15) is 9.18 Å². The van der Waals surface area contributed by atoms with Gasteiger partial charge in [0.1, 0.15) is 28.3 Å². The Morgan fingerprint density at radius 2 is 2.07 bits per heavy atom. The number of fused-ring (bicyclic) bond motifs is 1. The van der Waals surface area contributed by atoms with E-state index in [1.54, 1.807) is 6.07 Å². The molecule has 0 aliphatic rings. The van der Waals surface area contributed by atoms with Crippen LogP contribution in [0.15, 0.2) is 35.3 Å². The Morgan fingerprint density at radius 1 is 1.27 bits per heavy atom. The Bertz CT molecular complexity index is 1290. The predicted molar refractivity (Wildman–Crippen MR) is 112 cm³/mol. The monoisotopic (exact) mass is 429 g/mol. The molecule has 10 nitrogen and oxygen atoms in total. The van der Waals surface area contributed by atoms with E-state index in [0.717, 1.165) is 6.07 Å². The predicted octanol–water partition coefficient (Wildman–Crippen LogP) is 2.42. The highest BCUT2D eigenvalue weighted by Gasteiger charge is 2.23. The minimum Gasteiger partial charge on any atom is -0.382 e. The normalized spacial score (nSPS) is 12.2. The van der Waals surface area contributed by atoms with E-state index < -0.39 is 17.4 Å². The van der Waals surface area contributed by atoms with Crippen LogP contribution in [0.3, 0.4) is 0 Å². The third-order valence-electron chi connectivity index (χ3n) is 4.51. The molecule has 0 aliphatic heterocycles. The van der Waals surface area contributed by atoms with Gasteiger partial charge in [0.15, 0.2) is 5.82 Å². The number of aromatic amines is 1. The van der Waals surface area contributed by atoms with E-state index in [4.69, 9.17) is 23.1 Å². The number of halogens is 2. The van der Waals surface area contributed by atoms with Gasteiger partial charge in [0.2, 0.25) is 5.95 Å². The van der Waals surface area contributed by atoms with E-state index in [1.807, 2.05) is 6.92 Å². The minimum atomic E-state index is -0.533. The SMILES string of the molecule is CC[C@H](Nc1nc(N)nc(N)c1Cl)c1nc2ccc(F)cc2c(=O)n1-c1ccn[nH]1. The van der Waals surface area contributed by atoms with Crippen molar-refractivity contribution in [1.82, 2.24) is 29.7 Å². The summed E-state index contributed by atoms with van der Waals surface area (Å²) in [7, 11) is 0. The first kappa shape index (κ1) is 19.6. The summed E-state index contributed by atoms with van der Waals surface area (Å²) in [6.45, 7) is 1.89. The fourth-order valence-electron chi connectivity index (χ4n) is 3.11. The molecule has 0 fully saturated rings. The van der Waals surface area contributed by atoms with Crippen molar-refractivity contribution in [3.63, 3.8) is 0 Å². The van der Waals surface area contributed by atoms with E-state index in [1.165, 1.54) is 22.9 Å². The Labute approximate surface area is 174 Å². The summed E-state index contributed by atoms with van der Waals surface area (Å²) in [5.74, 6) is 0.364. The lowest BCUT2D eigenvalue weighted by Gasteiger charge is -2.22. The van der Waals surface area contributed by atoms with Crippen LogP contribution in [0.1, 0.15) is 25.2 Å². The topological polar surface area (TPSA) is 153 Å². The zero-order valence-corrected chi connectivity index (χ0v) is 16.5. The molecule has 0 unspecified atom stereocenters. The lowest BCUT2D eigenvalue weighted by Crippen LogP contribution is -2.28. The number of rotatable bonds is 5. The fraction of sp³-hybridized carbons (Fsp3) is 0.167. The molecule has 0 saturated carbocycles. The number of hydrogen-bond donors (Lipinski definition) is 4. The average Bonchev–Trinajstić information content (AvgIpc) is 3.24. The van der Waals surface area contributed by atoms with Crippen LogP contribution in [-0.4, -0.2) is 29.7 Å². The van der Waals surface area contributed by atoms with Gasteiger partial charge in [0, 0.05) is 6.07 Å². The molecule has 0 bridgehead atoms. The van der Waals surface area contributed by atoms with E-state index in [2.05, 4.69) is 30.5 Å². The molecule has 12 heteroatoms. The third kappa shape index (κ3) is 3.39. The molecule has 4 aromatic rings. The lowest BCUT2D eigenvalue weighted by molar-refractivity contribution is 0.627. The van der Waals surface area contributed by atoms with Crippen LogP contribution in [0.5, 0.6) is 0 Å². The molecule has 0 radical (unpaired) electrons. The Morgan fingerprint density at radius 3 is 2.77 bits per heavy atom. The van der Waals surface area contributed by atoms with Crippen LogP contribution in [-0.2, 0) is 0 Å². The van der Waals surface area contributed by atoms with E-state index in [-0.39, 0.29) is 28.0 Å². The van der Waals surface area contributed by atoms with Gasteiger partial charge in [-0.3, -0.25) is 9.89 Å². The zero-order chi connectivity index (χ0) is 21.4. The van der Waals surface area contributed by atoms with Gasteiger partial charge in [-0.1, -0.05) is 18.5 Å². The summed E-state index contributed by atoms with van der Waals surface area (Å²) in [4.78, 5) is 25.8. The number of nitrogens with one attached hydrogen (secondary N) is 2. The van der Waals surface area contributed by atoms with Crippen molar-refractivity contribution < 1.29 is 4.39 Å². The molecule has 154 valence electrons. The molecule has 1 atom stereocenters. The lowest BCUT2D eigenvalue weighted by atomic mass is 10.1. The van der Waals surface area contributed by atoms with Crippen LogP contribution in [0.25, 0.3) is 16.7 Å². The van der Waals surface area contributed by atoms with Crippen molar-refractivity contribution in [3.05, 3.63) is 57.5 Å². The van der Waals surface area contributed by atoms with Crippen molar-refractivity contribution in [2.24, 2.45) is 0 Å². The van der Waals surface area contributed by atoms with Crippen molar-refractivity contribution in [3.8, 4) is 5.82 Å². The number of anilines is 3. The van der Waals surface area contributed by atoms with Crippen LogP contribution < -0.4 is 22.3 Å². The van der Waals surface area contributed by atoms with Gasteiger partial charge in [0.25, 0.3) is 5.56 Å². The second-order valence-electron chi connectivity index (χ2n) is 6.45. The molecular weight excluding hydrogens is 413 g/mol. The molecule has 1 aromatic carbocycles. The maximum absolute atomic E-state index is 13.8. The van der Waals surface area contributed by atoms with Crippen LogP contribution in [0.4, 0.5) is 22.0 Å². The highest BCUT2D eigenvalue weighted by Crippen LogP contribution is 2.30. The fourth-order valence-corrected chi connectivity index (χ4v) is 3.25. The highest BCUT2D eigenvalue weighted by atomic mass is 35.5. The summed E-state index contributed by atoms with van der Waals surface area (Å²) in [6, 6.07) is 4.93. The van der Waals surface area contributed by atoms with Gasteiger partial charge < -0.3 is 16.8 Å². The average molecular weight is 430 g/mol. The maximum Gasteiger partial charge on any atom is 0.267 e. The smallest absolute Gasteiger partial charge is 0.267 e. The summed E-state index contributed by atoms with van der Waals surface area (Å²) >= 11 is 6.22. The summed E-state index contributed by atoms with van der Waals surface area (Å²) in [5, 5.41) is 10.0. The molecule has 0 aliphatic carbocycles. The van der Waals surface area contributed by atoms with Crippen LogP contribution >= 0.6 is 11.6 Å². The summed E-state index contributed by atoms with van der Waals surface area (Å²) in [6.07, 6.45) is 1.99. The van der Waals surface area contributed by atoms with Gasteiger partial charge in [-0.2, -0.15) is 15.1 Å². The summed E-state index contributed by atoms with van der Waals surface area (Å²) < 4.78 is 15.1. The number of aromatic nitrogens is 6. The first-order valence-corrected chi connectivity index (χ1v) is 9.33.